The van der Waals surface area contributed by atoms with Gasteiger partial charge in [-0.15, -0.1) is 0 Å². The van der Waals surface area contributed by atoms with E-state index in [2.05, 4.69) is 22.3 Å². The molecule has 0 aromatic heterocycles. The highest BCUT2D eigenvalue weighted by atomic mass is 15.7. The summed E-state index contributed by atoms with van der Waals surface area (Å²) in [5.74, 6) is 0.787. The second-order valence-corrected chi connectivity index (χ2v) is 2.22. The molecular weight excluding hydrogens is 142 g/mol. The molecule has 0 atom stereocenters. The lowest BCUT2D eigenvalue weighted by Crippen LogP contribution is -2.34. The number of allylic oxidation sites excluding steroid dienone is 2. The molecule has 2 rings (SSSR count). The molecule has 2 aliphatic heterocycles. The molecule has 0 aromatic carbocycles. The first-order chi connectivity index (χ1) is 5.42. The summed E-state index contributed by atoms with van der Waals surface area (Å²) in [5.41, 5.74) is 9.37. The maximum Gasteiger partial charge on any atom is 0.154 e. The first-order valence-electron chi connectivity index (χ1n) is 3.25. The summed E-state index contributed by atoms with van der Waals surface area (Å²) in [7, 11) is 0. The summed E-state index contributed by atoms with van der Waals surface area (Å²) in [6, 6.07) is 2.08. The Morgan fingerprint density at radius 1 is 1.64 bits per heavy atom. The third kappa shape index (κ3) is 0.808. The number of hydrogen-bond acceptors (Lipinski definition) is 5. The monoisotopic (exact) mass is 149 g/mol. The van der Waals surface area contributed by atoms with Crippen LogP contribution < -0.4 is 16.3 Å². The minimum Gasteiger partial charge on any atom is -0.303 e. The Bertz CT molecular complexity index is 271. The van der Waals surface area contributed by atoms with Gasteiger partial charge in [-0.2, -0.15) is 5.26 Å². The van der Waals surface area contributed by atoms with Crippen molar-refractivity contribution in [1.29, 1.82) is 5.26 Å². The van der Waals surface area contributed by atoms with Crippen molar-refractivity contribution in [1.82, 2.24) is 21.3 Å². The maximum absolute atomic E-state index is 8.66. The molecule has 2 heterocycles. The van der Waals surface area contributed by atoms with Crippen molar-refractivity contribution >= 4 is 0 Å². The summed E-state index contributed by atoms with van der Waals surface area (Å²) in [4.78, 5) is 0. The standard InChI is InChI=1S/C6H7N5/c7-3-5-1-2-9-11-4-8-10-6(5)11/h1-2,8-10H,4H2. The molecule has 0 spiro atoms. The van der Waals surface area contributed by atoms with E-state index in [1.165, 1.54) is 0 Å². The second kappa shape index (κ2) is 2.18. The van der Waals surface area contributed by atoms with Crippen LogP contribution in [0.5, 0.6) is 0 Å². The highest BCUT2D eigenvalue weighted by Crippen LogP contribution is 2.11. The van der Waals surface area contributed by atoms with E-state index in [1.807, 2.05) is 5.01 Å². The smallest absolute Gasteiger partial charge is 0.154 e. The van der Waals surface area contributed by atoms with Crippen LogP contribution in [0.25, 0.3) is 0 Å². The Morgan fingerprint density at radius 3 is 3.36 bits per heavy atom. The van der Waals surface area contributed by atoms with Crippen LogP contribution in [0.2, 0.25) is 0 Å². The van der Waals surface area contributed by atoms with Crippen molar-refractivity contribution in [2.75, 3.05) is 6.67 Å². The zero-order chi connectivity index (χ0) is 7.68. The first kappa shape index (κ1) is 6.07. The van der Waals surface area contributed by atoms with Gasteiger partial charge < -0.3 is 10.9 Å². The van der Waals surface area contributed by atoms with Gasteiger partial charge in [0, 0.05) is 6.20 Å². The number of fused-ring (bicyclic) bond motifs is 1. The van der Waals surface area contributed by atoms with E-state index in [-0.39, 0.29) is 0 Å². The number of nitrogens with zero attached hydrogens (tertiary/aromatic N) is 2. The van der Waals surface area contributed by atoms with Gasteiger partial charge in [0.2, 0.25) is 0 Å². The van der Waals surface area contributed by atoms with Crippen LogP contribution in [0.1, 0.15) is 0 Å². The SMILES string of the molecule is N#CC1=C2NNCN2NC=C1. The zero-order valence-corrected chi connectivity index (χ0v) is 5.76. The minimum atomic E-state index is 0.633. The van der Waals surface area contributed by atoms with Crippen molar-refractivity contribution in [3.05, 3.63) is 23.7 Å². The van der Waals surface area contributed by atoms with Crippen LogP contribution in [0.3, 0.4) is 0 Å². The fourth-order valence-corrected chi connectivity index (χ4v) is 1.05. The molecular formula is C6H7N5. The zero-order valence-electron chi connectivity index (χ0n) is 5.76. The number of hydrogen-bond donors (Lipinski definition) is 3. The third-order valence-electron chi connectivity index (χ3n) is 1.57. The number of rotatable bonds is 0. The average Bonchev–Trinajstić information content (AvgIpc) is 2.50. The van der Waals surface area contributed by atoms with Crippen LogP contribution >= 0.6 is 0 Å². The van der Waals surface area contributed by atoms with Crippen LogP contribution in [0.4, 0.5) is 0 Å². The van der Waals surface area contributed by atoms with Gasteiger partial charge >= 0.3 is 0 Å². The highest BCUT2D eigenvalue weighted by molar-refractivity contribution is 5.38. The Kier molecular flexibility index (Phi) is 1.20. The summed E-state index contributed by atoms with van der Waals surface area (Å²) in [5, 5.41) is 10.5. The molecule has 11 heavy (non-hydrogen) atoms. The normalized spacial score (nSPS) is 20.5. The van der Waals surface area contributed by atoms with Gasteiger partial charge in [-0.1, -0.05) is 0 Å². The Balaban J connectivity index is 2.38. The van der Waals surface area contributed by atoms with E-state index >= 15 is 0 Å². The van der Waals surface area contributed by atoms with Gasteiger partial charge in [0.25, 0.3) is 0 Å². The van der Waals surface area contributed by atoms with Gasteiger partial charge in [-0.05, 0) is 6.08 Å². The van der Waals surface area contributed by atoms with E-state index in [0.29, 0.717) is 12.2 Å². The van der Waals surface area contributed by atoms with Crippen molar-refractivity contribution in [2.45, 2.75) is 0 Å². The van der Waals surface area contributed by atoms with E-state index in [9.17, 15) is 0 Å². The van der Waals surface area contributed by atoms with Crippen LogP contribution in [-0.2, 0) is 0 Å². The van der Waals surface area contributed by atoms with Crippen LogP contribution in [-0.4, -0.2) is 11.7 Å². The van der Waals surface area contributed by atoms with Crippen LogP contribution in [0, 0.1) is 11.3 Å². The number of hydrazine groups is 2. The quantitative estimate of drug-likeness (QED) is 0.417. The van der Waals surface area contributed by atoms with Gasteiger partial charge in [0.05, 0.1) is 5.57 Å². The molecule has 56 valence electrons. The summed E-state index contributed by atoms with van der Waals surface area (Å²) >= 11 is 0. The van der Waals surface area contributed by atoms with E-state index in [4.69, 9.17) is 5.26 Å². The molecule has 5 heteroatoms. The molecule has 0 amide bonds. The largest absolute Gasteiger partial charge is 0.303 e. The Morgan fingerprint density at radius 2 is 2.55 bits per heavy atom. The predicted octanol–water partition coefficient (Wildman–Crippen LogP) is -0.879. The summed E-state index contributed by atoms with van der Waals surface area (Å²) in [6.07, 6.45) is 3.46. The predicted molar refractivity (Wildman–Crippen MR) is 37.9 cm³/mol. The molecule has 0 saturated carbocycles. The lowest BCUT2D eigenvalue weighted by atomic mass is 10.2. The van der Waals surface area contributed by atoms with Gasteiger partial charge in [0.1, 0.15) is 12.7 Å². The number of nitrogens with one attached hydrogen (secondary N) is 3. The summed E-state index contributed by atoms with van der Waals surface area (Å²) in [6.45, 7) is 0.658. The molecule has 0 radical (unpaired) electrons. The minimum absolute atomic E-state index is 0.633. The Labute approximate surface area is 63.9 Å². The lowest BCUT2D eigenvalue weighted by Gasteiger charge is -2.20. The summed E-state index contributed by atoms with van der Waals surface area (Å²) < 4.78 is 0. The molecule has 1 fully saturated rings. The van der Waals surface area contributed by atoms with E-state index in [1.54, 1.807) is 12.3 Å². The molecule has 0 bridgehead atoms. The topological polar surface area (TPSA) is 63.1 Å². The van der Waals surface area contributed by atoms with Crippen molar-refractivity contribution < 1.29 is 0 Å². The van der Waals surface area contributed by atoms with E-state index in [0.717, 1.165) is 5.82 Å². The molecule has 1 saturated heterocycles. The molecule has 0 aliphatic carbocycles. The average molecular weight is 149 g/mol. The molecule has 2 aliphatic rings. The first-order valence-corrected chi connectivity index (χ1v) is 3.25. The molecule has 5 nitrogen and oxygen atoms in total. The lowest BCUT2D eigenvalue weighted by molar-refractivity contribution is 0.315. The third-order valence-corrected chi connectivity index (χ3v) is 1.57. The van der Waals surface area contributed by atoms with Crippen molar-refractivity contribution in [2.24, 2.45) is 0 Å². The van der Waals surface area contributed by atoms with Gasteiger partial charge in [0.15, 0.2) is 5.82 Å². The number of nitriles is 1. The van der Waals surface area contributed by atoms with Crippen molar-refractivity contribution in [3.63, 3.8) is 0 Å². The van der Waals surface area contributed by atoms with Gasteiger partial charge in [-0.3, -0.25) is 5.01 Å². The van der Waals surface area contributed by atoms with Crippen molar-refractivity contribution in [3.8, 4) is 6.07 Å². The van der Waals surface area contributed by atoms with Crippen LogP contribution in [0.15, 0.2) is 23.7 Å². The highest BCUT2D eigenvalue weighted by Gasteiger charge is 2.20. The fourth-order valence-electron chi connectivity index (χ4n) is 1.05. The fraction of sp³-hybridized carbons (Fsp3) is 0.167. The molecule has 0 unspecified atom stereocenters. The maximum atomic E-state index is 8.66. The molecule has 0 aromatic rings. The van der Waals surface area contributed by atoms with Gasteiger partial charge in [-0.25, -0.2) is 5.43 Å². The molecule has 3 N–H and O–H groups in total. The second-order valence-electron chi connectivity index (χ2n) is 2.22. The van der Waals surface area contributed by atoms with E-state index < -0.39 is 0 Å². The Hall–Kier alpha value is -1.67.